The van der Waals surface area contributed by atoms with Gasteiger partial charge in [0.05, 0.1) is 11.2 Å². The lowest BCUT2D eigenvalue weighted by atomic mass is 9.79. The van der Waals surface area contributed by atoms with Crippen molar-refractivity contribution < 1.29 is 18.8 Å². The van der Waals surface area contributed by atoms with Gasteiger partial charge in [-0.25, -0.2) is 4.79 Å². The third kappa shape index (κ3) is 5.21. The highest BCUT2D eigenvalue weighted by Gasteiger charge is 2.51. The predicted molar refractivity (Wildman–Crippen MR) is 118 cm³/mol. The fraction of sp³-hybridized carbons (Fsp3) is 0.478. The van der Waals surface area contributed by atoms with Crippen LogP contribution in [-0.2, 0) is 20.6 Å². The molecule has 1 aromatic heterocycles. The maximum atomic E-state index is 11.8. The van der Waals surface area contributed by atoms with Gasteiger partial charge < -0.3 is 19.4 Å². The van der Waals surface area contributed by atoms with Crippen LogP contribution in [0, 0.1) is 0 Å². The number of pyridine rings is 1. The molecular formula is C23H31BN2O4. The molecule has 7 heteroatoms. The van der Waals surface area contributed by atoms with Gasteiger partial charge in [0.25, 0.3) is 0 Å². The molecule has 0 radical (unpaired) electrons. The van der Waals surface area contributed by atoms with Gasteiger partial charge in [-0.1, -0.05) is 30.3 Å². The monoisotopic (exact) mass is 410 g/mol. The molecule has 0 unspecified atom stereocenters. The van der Waals surface area contributed by atoms with E-state index in [1.807, 2.05) is 85.0 Å². The van der Waals surface area contributed by atoms with Crippen molar-refractivity contribution in [1.29, 1.82) is 0 Å². The summed E-state index contributed by atoms with van der Waals surface area (Å²) in [5.74, 6) is 0. The van der Waals surface area contributed by atoms with Gasteiger partial charge in [0.1, 0.15) is 5.60 Å². The maximum Gasteiger partial charge on any atom is 0.496 e. The fourth-order valence-electron chi connectivity index (χ4n) is 3.03. The number of hydrogen-bond donors (Lipinski definition) is 1. The number of ether oxygens (including phenoxy) is 1. The summed E-state index contributed by atoms with van der Waals surface area (Å²) in [6, 6.07) is 10.0. The van der Waals surface area contributed by atoms with Crippen LogP contribution in [-0.4, -0.2) is 35.0 Å². The Morgan fingerprint density at radius 1 is 1.03 bits per heavy atom. The lowest BCUT2D eigenvalue weighted by molar-refractivity contribution is 0.00578. The number of aromatic nitrogens is 1. The number of hydrogen-bond acceptors (Lipinski definition) is 5. The second-order valence-electron chi connectivity index (χ2n) is 9.65. The summed E-state index contributed by atoms with van der Waals surface area (Å²) in [7, 11) is -0.445. The minimum atomic E-state index is -0.511. The molecule has 160 valence electrons. The number of carbonyl (C=O) groups excluding carboxylic acids is 1. The molecule has 0 spiro atoms. The smallest absolute Gasteiger partial charge is 0.444 e. The molecule has 1 N–H and O–H groups in total. The van der Waals surface area contributed by atoms with Crippen molar-refractivity contribution in [2.75, 3.05) is 0 Å². The van der Waals surface area contributed by atoms with E-state index in [0.29, 0.717) is 6.54 Å². The second-order valence-corrected chi connectivity index (χ2v) is 9.65. The Balaban J connectivity index is 1.67. The number of nitrogens with one attached hydrogen (secondary N) is 1. The highest BCUT2D eigenvalue weighted by Crippen LogP contribution is 2.36. The summed E-state index contributed by atoms with van der Waals surface area (Å²) in [6.07, 6.45) is 3.18. The van der Waals surface area contributed by atoms with Crippen LogP contribution in [0.5, 0.6) is 0 Å². The van der Waals surface area contributed by atoms with E-state index in [9.17, 15) is 4.79 Å². The Morgan fingerprint density at radius 2 is 1.63 bits per heavy atom. The molecule has 0 saturated carbocycles. The molecule has 30 heavy (non-hydrogen) atoms. The number of benzene rings is 1. The lowest BCUT2D eigenvalue weighted by Gasteiger charge is -2.32. The van der Waals surface area contributed by atoms with Crippen molar-refractivity contribution >= 4 is 18.7 Å². The van der Waals surface area contributed by atoms with Crippen LogP contribution in [0.4, 0.5) is 4.79 Å². The maximum absolute atomic E-state index is 11.8. The molecule has 1 saturated heterocycles. The largest absolute Gasteiger partial charge is 0.496 e. The molecule has 2 aromatic rings. The Bertz CT molecular complexity index is 888. The Labute approximate surface area is 179 Å². The van der Waals surface area contributed by atoms with Gasteiger partial charge in [-0.2, -0.15) is 0 Å². The number of nitrogens with zero attached hydrogens (tertiary/aromatic N) is 1. The first kappa shape index (κ1) is 22.3. The zero-order chi connectivity index (χ0) is 22.2. The van der Waals surface area contributed by atoms with Crippen LogP contribution in [0.15, 0.2) is 42.7 Å². The van der Waals surface area contributed by atoms with E-state index in [0.717, 1.165) is 22.2 Å². The zero-order valence-electron chi connectivity index (χ0n) is 18.9. The van der Waals surface area contributed by atoms with Gasteiger partial charge in [-0.05, 0) is 65.2 Å². The first-order valence-electron chi connectivity index (χ1n) is 10.2. The minimum absolute atomic E-state index is 0.392. The summed E-state index contributed by atoms with van der Waals surface area (Å²) in [5.41, 5.74) is 2.59. The quantitative estimate of drug-likeness (QED) is 0.770. The van der Waals surface area contributed by atoms with E-state index in [1.165, 1.54) is 0 Å². The number of carbonyl (C=O) groups is 1. The topological polar surface area (TPSA) is 69.7 Å². The summed E-state index contributed by atoms with van der Waals surface area (Å²) in [4.78, 5) is 16.2. The SMILES string of the molecule is CC(C)(C)OC(=O)NCc1ccc(-c2cncc(B3OC(C)(C)C(C)(C)O3)c2)cc1. The van der Waals surface area contributed by atoms with Gasteiger partial charge in [0.15, 0.2) is 0 Å². The molecule has 3 rings (SSSR count). The summed E-state index contributed by atoms with van der Waals surface area (Å²) < 4.78 is 17.5. The molecule has 2 heterocycles. The molecular weight excluding hydrogens is 379 g/mol. The highest BCUT2D eigenvalue weighted by molar-refractivity contribution is 6.62. The van der Waals surface area contributed by atoms with E-state index >= 15 is 0 Å². The third-order valence-corrected chi connectivity index (χ3v) is 5.41. The van der Waals surface area contributed by atoms with Crippen LogP contribution in [0.3, 0.4) is 0 Å². The van der Waals surface area contributed by atoms with Gasteiger partial charge >= 0.3 is 13.2 Å². The van der Waals surface area contributed by atoms with E-state index in [-0.39, 0.29) is 0 Å². The van der Waals surface area contributed by atoms with Crippen LogP contribution in [0.25, 0.3) is 11.1 Å². The number of rotatable bonds is 4. The van der Waals surface area contributed by atoms with Crippen molar-refractivity contribution in [2.24, 2.45) is 0 Å². The highest BCUT2D eigenvalue weighted by atomic mass is 16.7. The molecule has 1 amide bonds. The van der Waals surface area contributed by atoms with E-state index < -0.39 is 30.0 Å². The van der Waals surface area contributed by atoms with E-state index in [4.69, 9.17) is 14.0 Å². The Hall–Kier alpha value is -2.38. The first-order chi connectivity index (χ1) is 13.9. The Kier molecular flexibility index (Phi) is 5.98. The standard InChI is InChI=1S/C23H31BN2O4/c1-21(2,3)28-20(27)26-13-16-8-10-17(11-9-16)18-12-19(15-25-14-18)24-29-22(4,5)23(6,7)30-24/h8-12,14-15H,13H2,1-7H3,(H,26,27). The lowest BCUT2D eigenvalue weighted by Crippen LogP contribution is -2.41. The van der Waals surface area contributed by atoms with Gasteiger partial charge in [-0.3, -0.25) is 4.98 Å². The molecule has 1 aliphatic heterocycles. The summed E-state index contributed by atoms with van der Waals surface area (Å²) in [6.45, 7) is 14.1. The van der Waals surface area contributed by atoms with Crippen molar-refractivity contribution in [2.45, 2.75) is 71.8 Å². The van der Waals surface area contributed by atoms with E-state index in [2.05, 4.69) is 10.3 Å². The predicted octanol–water partition coefficient (Wildman–Crippen LogP) is 4.07. The van der Waals surface area contributed by atoms with Crippen molar-refractivity contribution in [3.63, 3.8) is 0 Å². The second kappa shape index (κ2) is 8.04. The molecule has 0 aliphatic carbocycles. The van der Waals surface area contributed by atoms with E-state index in [1.54, 1.807) is 6.20 Å². The third-order valence-electron chi connectivity index (χ3n) is 5.41. The van der Waals surface area contributed by atoms with Crippen LogP contribution in [0.1, 0.15) is 54.0 Å². The van der Waals surface area contributed by atoms with Crippen LogP contribution >= 0.6 is 0 Å². The normalized spacial score (nSPS) is 17.6. The van der Waals surface area contributed by atoms with Crippen LogP contribution in [0.2, 0.25) is 0 Å². The molecule has 1 aliphatic rings. The minimum Gasteiger partial charge on any atom is -0.444 e. The summed E-state index contributed by atoms with van der Waals surface area (Å²) >= 11 is 0. The number of amides is 1. The average molecular weight is 410 g/mol. The van der Waals surface area contributed by atoms with Gasteiger partial charge in [-0.15, -0.1) is 0 Å². The van der Waals surface area contributed by atoms with Gasteiger partial charge in [0.2, 0.25) is 0 Å². The number of alkyl carbamates (subject to hydrolysis) is 1. The molecule has 1 aromatic carbocycles. The van der Waals surface area contributed by atoms with Crippen molar-refractivity contribution in [3.05, 3.63) is 48.3 Å². The average Bonchev–Trinajstić information content (AvgIpc) is 2.87. The molecule has 6 nitrogen and oxygen atoms in total. The van der Waals surface area contributed by atoms with Gasteiger partial charge in [0, 0.05) is 24.4 Å². The molecule has 1 fully saturated rings. The summed E-state index contributed by atoms with van der Waals surface area (Å²) in [5, 5.41) is 2.77. The van der Waals surface area contributed by atoms with Crippen molar-refractivity contribution in [3.8, 4) is 11.1 Å². The fourth-order valence-corrected chi connectivity index (χ4v) is 3.03. The molecule has 0 atom stereocenters. The van der Waals surface area contributed by atoms with Crippen molar-refractivity contribution in [1.82, 2.24) is 10.3 Å². The Morgan fingerprint density at radius 3 is 2.20 bits per heavy atom. The van der Waals surface area contributed by atoms with Crippen LogP contribution < -0.4 is 10.8 Å². The first-order valence-corrected chi connectivity index (χ1v) is 10.2. The zero-order valence-corrected chi connectivity index (χ0v) is 18.9. The molecule has 0 bridgehead atoms.